The molecule has 0 spiro atoms. The van der Waals surface area contributed by atoms with Crippen LogP contribution in [0.4, 0.5) is 0 Å². The van der Waals surface area contributed by atoms with E-state index in [0.717, 1.165) is 5.39 Å². The molecule has 3 rings (SSSR count). The number of aliphatic hydroxyl groups is 1. The van der Waals surface area contributed by atoms with Crippen LogP contribution in [0.3, 0.4) is 0 Å². The molecule has 2 heterocycles. The Balaban J connectivity index is 1.60. The predicted molar refractivity (Wildman–Crippen MR) is 130 cm³/mol. The minimum absolute atomic E-state index is 0.0877. The van der Waals surface area contributed by atoms with Gasteiger partial charge in [-0.3, -0.25) is 9.59 Å². The number of furan rings is 1. The normalized spacial score (nSPS) is 14.4. The number of amides is 2. The van der Waals surface area contributed by atoms with Crippen molar-refractivity contribution in [3.05, 3.63) is 60.5 Å². The molecule has 0 radical (unpaired) electrons. The maximum absolute atomic E-state index is 12.9. The van der Waals surface area contributed by atoms with Crippen molar-refractivity contribution in [2.75, 3.05) is 6.54 Å². The second kappa shape index (κ2) is 11.4. The number of nitrogens with one attached hydrogen (secondary N) is 3. The van der Waals surface area contributed by atoms with Gasteiger partial charge in [0.25, 0.3) is 15.9 Å². The third-order valence-electron chi connectivity index (χ3n) is 5.32. The van der Waals surface area contributed by atoms with Crippen LogP contribution in [0.25, 0.3) is 11.0 Å². The van der Waals surface area contributed by atoms with E-state index in [2.05, 4.69) is 20.3 Å². The first-order valence-electron chi connectivity index (χ1n) is 11.3. The predicted octanol–water partition coefficient (Wildman–Crippen LogP) is 1.82. The smallest absolute Gasteiger partial charge is 0.287 e. The zero-order chi connectivity index (χ0) is 25.6. The van der Waals surface area contributed by atoms with Gasteiger partial charge in [0.15, 0.2) is 10.8 Å². The van der Waals surface area contributed by atoms with Gasteiger partial charge in [0.05, 0.1) is 12.1 Å². The fourth-order valence-electron chi connectivity index (χ4n) is 3.40. The van der Waals surface area contributed by atoms with E-state index >= 15 is 0 Å². The van der Waals surface area contributed by atoms with Crippen molar-refractivity contribution in [3.63, 3.8) is 0 Å². The molecule has 0 aliphatic carbocycles. The number of rotatable bonds is 11. The Bertz CT molecular complexity index is 1230. The van der Waals surface area contributed by atoms with Crippen LogP contribution in [0.2, 0.25) is 0 Å². The average molecular weight is 503 g/mol. The zero-order valence-corrected chi connectivity index (χ0v) is 20.6. The molecule has 2 amide bonds. The Morgan fingerprint density at radius 3 is 2.43 bits per heavy atom. The topological polar surface area (TPSA) is 151 Å². The maximum atomic E-state index is 12.9. The van der Waals surface area contributed by atoms with E-state index in [1.807, 2.05) is 26.0 Å². The van der Waals surface area contributed by atoms with Crippen molar-refractivity contribution in [1.29, 1.82) is 0 Å². The van der Waals surface area contributed by atoms with Crippen molar-refractivity contribution in [1.82, 2.24) is 20.3 Å². The first kappa shape index (κ1) is 26.3. The van der Waals surface area contributed by atoms with Crippen LogP contribution in [0.1, 0.15) is 37.7 Å². The van der Waals surface area contributed by atoms with Crippen LogP contribution >= 0.6 is 0 Å². The molecule has 1 unspecified atom stereocenters. The zero-order valence-electron chi connectivity index (χ0n) is 19.8. The summed E-state index contributed by atoms with van der Waals surface area (Å²) in [4.78, 5) is 29.5. The standard InChI is InChI=1S/C24H30N4O6S/c1-15(2)12-18(28-24(31)21-13-17-8-4-5-9-20(17)34-21)23(30)27-16(3)19(29)14-26-35(32,33)22-10-6-7-11-25-22/h4-11,13,15-16,18-19,26,29H,12,14H2,1-3H3,(H,27,30)(H,28,31)/t16-,18-,19?/m0/s1. The summed E-state index contributed by atoms with van der Waals surface area (Å²) in [6.45, 7) is 5.04. The van der Waals surface area contributed by atoms with Gasteiger partial charge in [-0.05, 0) is 43.5 Å². The minimum atomic E-state index is -3.91. The number of hydrogen-bond acceptors (Lipinski definition) is 7. The number of aliphatic hydroxyl groups excluding tert-OH is 1. The number of sulfonamides is 1. The summed E-state index contributed by atoms with van der Waals surface area (Å²) >= 11 is 0. The van der Waals surface area contributed by atoms with E-state index in [1.165, 1.54) is 18.3 Å². The Kier molecular flexibility index (Phi) is 8.60. The van der Waals surface area contributed by atoms with Crippen molar-refractivity contribution in [2.24, 2.45) is 5.92 Å². The molecule has 0 bridgehead atoms. The molecule has 10 nitrogen and oxygen atoms in total. The Labute approximate surface area is 204 Å². The lowest BCUT2D eigenvalue weighted by Crippen LogP contribution is -2.53. The summed E-state index contributed by atoms with van der Waals surface area (Å²) < 4.78 is 32.5. The Morgan fingerprint density at radius 1 is 1.06 bits per heavy atom. The fourth-order valence-corrected chi connectivity index (χ4v) is 4.39. The largest absolute Gasteiger partial charge is 0.451 e. The van der Waals surface area contributed by atoms with Gasteiger partial charge in [-0.25, -0.2) is 18.1 Å². The van der Waals surface area contributed by atoms with Gasteiger partial charge < -0.3 is 20.2 Å². The van der Waals surface area contributed by atoms with Crippen LogP contribution in [-0.4, -0.2) is 55.1 Å². The maximum Gasteiger partial charge on any atom is 0.287 e. The van der Waals surface area contributed by atoms with Crippen LogP contribution in [0.15, 0.2) is 64.2 Å². The van der Waals surface area contributed by atoms with Gasteiger partial charge in [-0.2, -0.15) is 0 Å². The molecule has 0 fully saturated rings. The summed E-state index contributed by atoms with van der Waals surface area (Å²) in [5.41, 5.74) is 0.562. The average Bonchev–Trinajstić information content (AvgIpc) is 3.27. The lowest BCUT2D eigenvalue weighted by atomic mass is 10.0. The number of fused-ring (bicyclic) bond motifs is 1. The molecule has 0 saturated heterocycles. The van der Waals surface area contributed by atoms with Gasteiger partial charge in [0.1, 0.15) is 11.6 Å². The van der Waals surface area contributed by atoms with Crippen molar-refractivity contribution >= 4 is 32.8 Å². The lowest BCUT2D eigenvalue weighted by molar-refractivity contribution is -0.124. The lowest BCUT2D eigenvalue weighted by Gasteiger charge is -2.25. The molecule has 11 heteroatoms. The van der Waals surface area contributed by atoms with E-state index in [0.29, 0.717) is 12.0 Å². The molecule has 1 aromatic carbocycles. The van der Waals surface area contributed by atoms with Crippen molar-refractivity contribution in [2.45, 2.75) is 50.4 Å². The molecule has 188 valence electrons. The van der Waals surface area contributed by atoms with Crippen molar-refractivity contribution < 1.29 is 27.5 Å². The number of carbonyl (C=O) groups excluding carboxylic acids is 2. The highest BCUT2D eigenvalue weighted by Gasteiger charge is 2.27. The van der Waals surface area contributed by atoms with E-state index < -0.39 is 40.0 Å². The third-order valence-corrected chi connectivity index (χ3v) is 6.66. The van der Waals surface area contributed by atoms with Crippen LogP contribution in [-0.2, 0) is 14.8 Å². The Hall–Kier alpha value is -3.28. The summed E-state index contributed by atoms with van der Waals surface area (Å²) in [5.74, 6) is -0.850. The van der Waals surface area contributed by atoms with Crippen LogP contribution in [0.5, 0.6) is 0 Å². The van der Waals surface area contributed by atoms with Crippen LogP contribution < -0.4 is 15.4 Å². The first-order chi connectivity index (χ1) is 16.6. The highest BCUT2D eigenvalue weighted by atomic mass is 32.2. The van der Waals surface area contributed by atoms with Gasteiger partial charge in [-0.1, -0.05) is 38.1 Å². The molecule has 0 aliphatic heterocycles. The number of para-hydroxylation sites is 1. The Morgan fingerprint density at radius 2 is 1.77 bits per heavy atom. The SMILES string of the molecule is CC(C)C[C@H](NC(=O)c1cc2ccccc2o1)C(=O)N[C@@H](C)C(O)CNS(=O)(=O)c1ccccn1. The number of nitrogens with zero attached hydrogens (tertiary/aromatic N) is 1. The van der Waals surface area contributed by atoms with Gasteiger partial charge >= 0.3 is 0 Å². The molecule has 4 N–H and O–H groups in total. The number of hydrogen-bond donors (Lipinski definition) is 4. The molecular weight excluding hydrogens is 472 g/mol. The summed E-state index contributed by atoms with van der Waals surface area (Å²) in [6, 6.07) is 11.6. The van der Waals surface area contributed by atoms with Gasteiger partial charge in [-0.15, -0.1) is 0 Å². The molecule has 0 aliphatic rings. The summed E-state index contributed by atoms with van der Waals surface area (Å²) in [6.07, 6.45) is 0.484. The quantitative estimate of drug-likeness (QED) is 0.312. The second-order valence-electron chi connectivity index (χ2n) is 8.69. The molecule has 0 saturated carbocycles. The highest BCUT2D eigenvalue weighted by molar-refractivity contribution is 7.89. The van der Waals surface area contributed by atoms with E-state index in [-0.39, 0.29) is 23.2 Å². The number of pyridine rings is 1. The van der Waals surface area contributed by atoms with Crippen LogP contribution in [0, 0.1) is 5.92 Å². The highest BCUT2D eigenvalue weighted by Crippen LogP contribution is 2.19. The van der Waals surface area contributed by atoms with Crippen molar-refractivity contribution in [3.8, 4) is 0 Å². The summed E-state index contributed by atoms with van der Waals surface area (Å²) in [5, 5.41) is 16.4. The second-order valence-corrected chi connectivity index (χ2v) is 10.4. The summed E-state index contributed by atoms with van der Waals surface area (Å²) in [7, 11) is -3.91. The molecule has 35 heavy (non-hydrogen) atoms. The first-order valence-corrected chi connectivity index (χ1v) is 12.7. The number of benzene rings is 1. The monoisotopic (exact) mass is 502 g/mol. The minimum Gasteiger partial charge on any atom is -0.451 e. The molecule has 3 aromatic rings. The number of aromatic nitrogens is 1. The van der Waals surface area contributed by atoms with Gasteiger partial charge in [0.2, 0.25) is 5.91 Å². The molecule has 2 aromatic heterocycles. The third kappa shape index (κ3) is 7.10. The molecule has 3 atom stereocenters. The van der Waals surface area contributed by atoms with Gasteiger partial charge in [0, 0.05) is 18.1 Å². The van der Waals surface area contributed by atoms with E-state index in [9.17, 15) is 23.1 Å². The number of carbonyl (C=O) groups is 2. The van der Waals surface area contributed by atoms with E-state index in [4.69, 9.17) is 4.42 Å². The molecular formula is C24H30N4O6S. The van der Waals surface area contributed by atoms with E-state index in [1.54, 1.807) is 31.2 Å². The fraction of sp³-hybridized carbons (Fsp3) is 0.375.